The predicted octanol–water partition coefficient (Wildman–Crippen LogP) is 17.9. The molecule has 0 aromatic carbocycles. The Labute approximate surface area is 446 Å². The summed E-state index contributed by atoms with van der Waals surface area (Å²) in [6.07, 6.45) is 63.7. The first kappa shape index (κ1) is 70.0. The van der Waals surface area contributed by atoms with E-state index in [0.29, 0.717) is 23.9 Å². The molecule has 0 saturated carbocycles. The molecule has 0 aromatic rings. The fourth-order valence-corrected chi connectivity index (χ4v) is 9.60. The van der Waals surface area contributed by atoms with Gasteiger partial charge in [0, 0.05) is 12.8 Å². The van der Waals surface area contributed by atoms with Gasteiger partial charge in [0.15, 0.2) is 0 Å². The van der Waals surface area contributed by atoms with Crippen LogP contribution in [0, 0.1) is 0 Å². The molecule has 0 bridgehead atoms. The number of phosphoric ester groups is 1. The lowest BCUT2D eigenvalue weighted by molar-refractivity contribution is -0.870. The molecule has 9 nitrogen and oxygen atoms in total. The van der Waals surface area contributed by atoms with Gasteiger partial charge in [-0.25, -0.2) is 0 Å². The van der Waals surface area contributed by atoms with E-state index in [9.17, 15) is 19.0 Å². The molecule has 422 valence electrons. The van der Waals surface area contributed by atoms with Gasteiger partial charge in [0.25, 0.3) is 7.82 Å². The van der Waals surface area contributed by atoms with Gasteiger partial charge in [-0.1, -0.05) is 269 Å². The molecule has 3 unspecified atom stereocenters. The second kappa shape index (κ2) is 52.4. The minimum Gasteiger partial charge on any atom is -0.756 e. The highest BCUT2D eigenvalue weighted by molar-refractivity contribution is 7.45. The van der Waals surface area contributed by atoms with E-state index in [1.54, 1.807) is 0 Å². The first-order valence-corrected chi connectivity index (χ1v) is 31.9. The lowest BCUT2D eigenvalue weighted by Gasteiger charge is -2.30. The molecule has 1 N–H and O–H groups in total. The van der Waals surface area contributed by atoms with Crippen LogP contribution in [0.15, 0.2) is 48.6 Å². The Balaban J connectivity index is 5.20. The summed E-state index contributed by atoms with van der Waals surface area (Å²) >= 11 is 0. The number of amides is 1. The van der Waals surface area contributed by atoms with Crippen LogP contribution in [0.5, 0.6) is 0 Å². The molecular formula is C62H117N2O7P. The van der Waals surface area contributed by atoms with Gasteiger partial charge in [0.2, 0.25) is 5.91 Å². The molecule has 0 aliphatic rings. The number of unbranched alkanes of at least 4 members (excludes halogenated alkanes) is 35. The number of nitrogens with zero attached hydrogens (tertiary/aromatic N) is 1. The number of carbonyl (C=O) groups excluding carboxylic acids is 2. The molecule has 0 saturated heterocycles. The smallest absolute Gasteiger partial charge is 0.306 e. The van der Waals surface area contributed by atoms with E-state index < -0.39 is 26.6 Å². The lowest BCUT2D eigenvalue weighted by Crippen LogP contribution is -2.47. The fraction of sp³-hybridized carbons (Fsp3) is 0.839. The average Bonchev–Trinajstić information content (AvgIpc) is 3.34. The Morgan fingerprint density at radius 2 is 0.889 bits per heavy atom. The van der Waals surface area contributed by atoms with Crippen molar-refractivity contribution in [2.75, 3.05) is 40.9 Å². The molecule has 0 aliphatic carbocycles. The third-order valence-corrected chi connectivity index (χ3v) is 14.5. The summed E-state index contributed by atoms with van der Waals surface area (Å²) in [4.78, 5) is 39.9. The second-order valence-corrected chi connectivity index (χ2v) is 23.3. The van der Waals surface area contributed by atoms with E-state index in [2.05, 4.69) is 62.5 Å². The highest BCUT2D eigenvalue weighted by atomic mass is 31.2. The van der Waals surface area contributed by atoms with E-state index >= 15 is 0 Å². The second-order valence-electron chi connectivity index (χ2n) is 21.9. The molecule has 0 aliphatic heterocycles. The SMILES string of the molecule is CC/C=C/C=C/C=C\CCCCCCCC(=O)NC(COP(=O)([O-])OCC[N+](C)(C)C)C(/C=C\CCCCCCCCCCCC)OC(=O)CCCCCCCCCCCCCCCCCCCCCCC. The summed E-state index contributed by atoms with van der Waals surface area (Å²) in [6, 6.07) is -0.896. The van der Waals surface area contributed by atoms with Crippen LogP contribution >= 0.6 is 7.82 Å². The van der Waals surface area contributed by atoms with Gasteiger partial charge in [0.1, 0.15) is 19.3 Å². The van der Waals surface area contributed by atoms with Crippen molar-refractivity contribution < 1.29 is 37.3 Å². The Kier molecular flexibility index (Phi) is 50.9. The standard InChI is InChI=1S/C62H117N2O7P/c1-7-10-13-16-19-22-25-28-29-30-31-32-33-34-35-37-40-43-46-49-52-55-62(66)71-60(53-50-47-44-41-38-27-24-21-18-15-12-9-3)59(58-70-72(67,68)69-57-56-64(4,5)6)63-61(65)54-51-48-45-42-39-36-26-23-20-17-14-11-8-2/h11,14,17,20,23,26,50,53,59-60H,7-10,12-13,15-16,18-19,21-22,24-25,27-49,51-52,54-58H2,1-6H3,(H-,63,65,67,68)/b14-11+,20-17+,26-23-,53-50-. The summed E-state index contributed by atoms with van der Waals surface area (Å²) in [5, 5.41) is 3.01. The van der Waals surface area contributed by atoms with Crippen molar-refractivity contribution in [3.8, 4) is 0 Å². The zero-order valence-electron chi connectivity index (χ0n) is 48.1. The zero-order valence-corrected chi connectivity index (χ0v) is 49.0. The van der Waals surface area contributed by atoms with Crippen molar-refractivity contribution in [2.24, 2.45) is 0 Å². The average molecular weight is 1030 g/mol. The Morgan fingerprint density at radius 3 is 1.32 bits per heavy atom. The number of hydrogen-bond acceptors (Lipinski definition) is 7. The number of phosphoric acid groups is 1. The fourth-order valence-electron chi connectivity index (χ4n) is 8.88. The maximum atomic E-state index is 13.5. The predicted molar refractivity (Wildman–Crippen MR) is 307 cm³/mol. The van der Waals surface area contributed by atoms with Crippen LogP contribution in [0.3, 0.4) is 0 Å². The molecule has 3 atom stereocenters. The van der Waals surface area contributed by atoms with Crippen LogP contribution in [-0.4, -0.2) is 69.4 Å². The van der Waals surface area contributed by atoms with Crippen LogP contribution in [0.25, 0.3) is 0 Å². The molecule has 10 heteroatoms. The van der Waals surface area contributed by atoms with Crippen molar-refractivity contribution in [2.45, 2.75) is 296 Å². The number of carbonyl (C=O) groups is 2. The number of ether oxygens (including phenoxy) is 1. The molecule has 1 amide bonds. The number of quaternary nitrogens is 1. The molecule has 0 fully saturated rings. The van der Waals surface area contributed by atoms with Crippen molar-refractivity contribution in [1.29, 1.82) is 0 Å². The Morgan fingerprint density at radius 1 is 0.500 bits per heavy atom. The third-order valence-electron chi connectivity index (χ3n) is 13.6. The van der Waals surface area contributed by atoms with Crippen LogP contribution in [0.1, 0.15) is 284 Å². The summed E-state index contributed by atoms with van der Waals surface area (Å²) in [7, 11) is 1.18. The first-order valence-electron chi connectivity index (χ1n) is 30.5. The van der Waals surface area contributed by atoms with Crippen LogP contribution in [-0.2, 0) is 27.9 Å². The molecule has 0 heterocycles. The number of rotatable bonds is 55. The number of allylic oxidation sites excluding steroid dienone is 7. The number of hydrogen-bond donors (Lipinski definition) is 1. The van der Waals surface area contributed by atoms with Crippen molar-refractivity contribution in [3.05, 3.63) is 48.6 Å². The van der Waals surface area contributed by atoms with Gasteiger partial charge in [-0.3, -0.25) is 14.2 Å². The van der Waals surface area contributed by atoms with E-state index in [0.717, 1.165) is 77.0 Å². The molecule has 72 heavy (non-hydrogen) atoms. The Bertz CT molecular complexity index is 1380. The first-order chi connectivity index (χ1) is 34.9. The van der Waals surface area contributed by atoms with Gasteiger partial charge in [-0.2, -0.15) is 0 Å². The van der Waals surface area contributed by atoms with E-state index in [1.807, 2.05) is 33.3 Å². The Hall–Kier alpha value is -2.03. The minimum atomic E-state index is -4.70. The quantitative estimate of drug-likeness (QED) is 0.0161. The monoisotopic (exact) mass is 1030 g/mol. The lowest BCUT2D eigenvalue weighted by atomic mass is 10.0. The number of likely N-dealkylation sites (N-methyl/N-ethyl adjacent to an activating group) is 1. The summed E-state index contributed by atoms with van der Waals surface area (Å²) in [5.41, 5.74) is 0. The molecule has 0 rings (SSSR count). The van der Waals surface area contributed by atoms with Gasteiger partial charge in [-0.05, 0) is 51.0 Å². The molecule has 0 radical (unpaired) electrons. The topological polar surface area (TPSA) is 114 Å². The van der Waals surface area contributed by atoms with Gasteiger partial charge in [0.05, 0.1) is 33.8 Å². The normalized spacial score (nSPS) is 14.0. The minimum absolute atomic E-state index is 0.0258. The van der Waals surface area contributed by atoms with Crippen molar-refractivity contribution >= 4 is 19.7 Å². The van der Waals surface area contributed by atoms with Crippen molar-refractivity contribution in [1.82, 2.24) is 5.32 Å². The number of esters is 1. The summed E-state index contributed by atoms with van der Waals surface area (Å²) in [6.45, 7) is 6.71. The number of nitrogens with one attached hydrogen (secondary N) is 1. The highest BCUT2D eigenvalue weighted by Gasteiger charge is 2.27. The molecule has 0 spiro atoms. The van der Waals surface area contributed by atoms with Gasteiger partial charge < -0.3 is 28.5 Å². The molecule has 0 aromatic heterocycles. The van der Waals surface area contributed by atoms with Gasteiger partial charge >= 0.3 is 5.97 Å². The zero-order chi connectivity index (χ0) is 52.9. The maximum absolute atomic E-state index is 13.5. The summed E-state index contributed by atoms with van der Waals surface area (Å²) in [5.74, 6) is -0.556. The molecular weight excluding hydrogens is 916 g/mol. The van der Waals surface area contributed by atoms with Crippen LogP contribution in [0.2, 0.25) is 0 Å². The van der Waals surface area contributed by atoms with Crippen LogP contribution < -0.4 is 10.2 Å². The van der Waals surface area contributed by atoms with E-state index in [1.165, 1.54) is 167 Å². The van der Waals surface area contributed by atoms with Gasteiger partial charge in [-0.15, -0.1) is 0 Å². The van der Waals surface area contributed by atoms with Crippen molar-refractivity contribution in [3.63, 3.8) is 0 Å². The largest absolute Gasteiger partial charge is 0.756 e. The van der Waals surface area contributed by atoms with Crippen LogP contribution in [0.4, 0.5) is 0 Å². The van der Waals surface area contributed by atoms with E-state index in [-0.39, 0.29) is 24.9 Å². The summed E-state index contributed by atoms with van der Waals surface area (Å²) < 4.78 is 30.3. The highest BCUT2D eigenvalue weighted by Crippen LogP contribution is 2.38. The van der Waals surface area contributed by atoms with E-state index in [4.69, 9.17) is 13.8 Å². The third kappa shape index (κ3) is 52.8. The maximum Gasteiger partial charge on any atom is 0.306 e.